The Hall–Kier alpha value is -1.59. The fourth-order valence-corrected chi connectivity index (χ4v) is 4.76. The molecule has 0 radical (unpaired) electrons. The van der Waals surface area contributed by atoms with E-state index >= 15 is 0 Å². The fraction of sp³-hybridized carbons (Fsp3) is 0.176. The van der Waals surface area contributed by atoms with Crippen molar-refractivity contribution in [1.82, 2.24) is 3.97 Å². The molecule has 0 bridgehead atoms. The molecular formula is C17H16BrNO2S. The van der Waals surface area contributed by atoms with E-state index in [2.05, 4.69) is 15.9 Å². The molecule has 22 heavy (non-hydrogen) atoms. The van der Waals surface area contributed by atoms with E-state index in [4.69, 9.17) is 0 Å². The summed E-state index contributed by atoms with van der Waals surface area (Å²) in [6, 6.07) is 10.9. The maximum absolute atomic E-state index is 13.0. The molecule has 0 amide bonds. The number of hydrogen-bond acceptors (Lipinski definition) is 2. The predicted molar refractivity (Wildman–Crippen MR) is 92.9 cm³/mol. The molecule has 0 unspecified atom stereocenters. The number of rotatable bonds is 2. The molecule has 0 saturated heterocycles. The highest BCUT2D eigenvalue weighted by Crippen LogP contribution is 2.32. The average molecular weight is 378 g/mol. The third kappa shape index (κ3) is 2.38. The van der Waals surface area contributed by atoms with Gasteiger partial charge >= 0.3 is 0 Å². The van der Waals surface area contributed by atoms with Crippen LogP contribution in [0.4, 0.5) is 0 Å². The van der Waals surface area contributed by atoms with Gasteiger partial charge in [-0.05, 0) is 60.5 Å². The standard InChI is InChI=1S/C17H16BrNO2S/c1-11-4-6-14(7-5-11)22(20,21)19-10-16(18)15-9-12(2)8-13(3)17(15)19/h4-10H,1-3H3. The molecule has 0 aliphatic carbocycles. The minimum Gasteiger partial charge on any atom is -0.240 e. The van der Waals surface area contributed by atoms with Crippen molar-refractivity contribution in [1.29, 1.82) is 0 Å². The van der Waals surface area contributed by atoms with Crippen LogP contribution in [0.3, 0.4) is 0 Å². The summed E-state index contributed by atoms with van der Waals surface area (Å²) in [6.45, 7) is 5.87. The van der Waals surface area contributed by atoms with E-state index in [-0.39, 0.29) is 0 Å². The molecule has 114 valence electrons. The van der Waals surface area contributed by atoms with Gasteiger partial charge < -0.3 is 0 Å². The van der Waals surface area contributed by atoms with Crippen LogP contribution in [0.2, 0.25) is 0 Å². The molecule has 0 atom stereocenters. The molecule has 0 aliphatic heterocycles. The first-order valence-electron chi connectivity index (χ1n) is 6.91. The summed E-state index contributed by atoms with van der Waals surface area (Å²) in [7, 11) is -3.61. The van der Waals surface area contributed by atoms with Crippen molar-refractivity contribution in [2.75, 3.05) is 0 Å². The summed E-state index contributed by atoms with van der Waals surface area (Å²) in [5, 5.41) is 0.910. The number of hydrogen-bond donors (Lipinski definition) is 0. The molecule has 2 aromatic carbocycles. The Labute approximate surface area is 138 Å². The van der Waals surface area contributed by atoms with Gasteiger partial charge in [0, 0.05) is 16.1 Å². The number of aryl methyl sites for hydroxylation is 3. The van der Waals surface area contributed by atoms with Gasteiger partial charge in [-0.1, -0.05) is 29.3 Å². The maximum atomic E-state index is 13.0. The molecule has 0 spiro atoms. The van der Waals surface area contributed by atoms with Gasteiger partial charge in [0.25, 0.3) is 10.0 Å². The van der Waals surface area contributed by atoms with Crippen molar-refractivity contribution in [2.45, 2.75) is 25.7 Å². The third-order valence-corrected chi connectivity index (χ3v) is 6.04. The van der Waals surface area contributed by atoms with Crippen molar-refractivity contribution in [3.63, 3.8) is 0 Å². The summed E-state index contributed by atoms with van der Waals surface area (Å²) in [5.41, 5.74) is 3.80. The predicted octanol–water partition coefficient (Wildman–Crippen LogP) is 4.57. The maximum Gasteiger partial charge on any atom is 0.268 e. The van der Waals surface area contributed by atoms with Gasteiger partial charge in [0.1, 0.15) is 0 Å². The molecule has 3 nitrogen and oxygen atoms in total. The summed E-state index contributed by atoms with van der Waals surface area (Å²) in [4.78, 5) is 0.294. The van der Waals surface area contributed by atoms with Crippen molar-refractivity contribution in [2.24, 2.45) is 0 Å². The van der Waals surface area contributed by atoms with Crippen LogP contribution >= 0.6 is 15.9 Å². The average Bonchev–Trinajstić information content (AvgIpc) is 2.78. The van der Waals surface area contributed by atoms with Gasteiger partial charge in [-0.25, -0.2) is 12.4 Å². The van der Waals surface area contributed by atoms with Gasteiger partial charge in [-0.2, -0.15) is 0 Å². The molecule has 5 heteroatoms. The van der Waals surface area contributed by atoms with Crippen LogP contribution in [-0.2, 0) is 10.0 Å². The highest BCUT2D eigenvalue weighted by Gasteiger charge is 2.21. The van der Waals surface area contributed by atoms with Crippen LogP contribution < -0.4 is 0 Å². The fourth-order valence-electron chi connectivity index (χ4n) is 2.68. The Kier molecular flexibility index (Phi) is 3.65. The second-order valence-electron chi connectivity index (χ2n) is 5.57. The molecule has 3 aromatic rings. The first-order valence-corrected chi connectivity index (χ1v) is 9.14. The lowest BCUT2D eigenvalue weighted by Gasteiger charge is -2.10. The van der Waals surface area contributed by atoms with Gasteiger partial charge in [0.15, 0.2) is 0 Å². The second-order valence-corrected chi connectivity index (χ2v) is 8.24. The van der Waals surface area contributed by atoms with E-state index in [1.165, 1.54) is 3.97 Å². The van der Waals surface area contributed by atoms with Gasteiger partial charge in [0.2, 0.25) is 0 Å². The Balaban J connectivity index is 2.32. The highest BCUT2D eigenvalue weighted by molar-refractivity contribution is 9.10. The Morgan fingerprint density at radius 3 is 2.23 bits per heavy atom. The second kappa shape index (κ2) is 5.25. The van der Waals surface area contributed by atoms with E-state index in [0.29, 0.717) is 4.90 Å². The summed E-state index contributed by atoms with van der Waals surface area (Å²) in [6.07, 6.45) is 1.63. The Morgan fingerprint density at radius 2 is 1.59 bits per heavy atom. The lowest BCUT2D eigenvalue weighted by Crippen LogP contribution is -2.12. The molecule has 0 N–H and O–H groups in total. The van der Waals surface area contributed by atoms with E-state index in [1.54, 1.807) is 18.3 Å². The van der Waals surface area contributed by atoms with Gasteiger partial charge in [0.05, 0.1) is 10.4 Å². The zero-order valence-corrected chi connectivity index (χ0v) is 15.0. The van der Waals surface area contributed by atoms with Gasteiger partial charge in [-0.3, -0.25) is 0 Å². The first kappa shape index (κ1) is 15.3. The molecule has 1 aromatic heterocycles. The van der Waals surface area contributed by atoms with Crippen molar-refractivity contribution < 1.29 is 8.42 Å². The van der Waals surface area contributed by atoms with Crippen molar-refractivity contribution in [3.8, 4) is 0 Å². The lowest BCUT2D eigenvalue weighted by molar-refractivity contribution is 0.589. The van der Waals surface area contributed by atoms with Crippen molar-refractivity contribution in [3.05, 3.63) is 63.8 Å². The van der Waals surface area contributed by atoms with Crippen LogP contribution in [0.25, 0.3) is 10.9 Å². The minimum absolute atomic E-state index is 0.294. The quantitative estimate of drug-likeness (QED) is 0.656. The zero-order valence-electron chi connectivity index (χ0n) is 12.6. The zero-order chi connectivity index (χ0) is 16.1. The Bertz CT molecular complexity index is 970. The smallest absolute Gasteiger partial charge is 0.240 e. The summed E-state index contributed by atoms with van der Waals surface area (Å²) < 4.78 is 28.1. The van der Waals surface area contributed by atoms with Crippen LogP contribution in [0.1, 0.15) is 16.7 Å². The molecule has 1 heterocycles. The monoisotopic (exact) mass is 377 g/mol. The SMILES string of the molecule is Cc1ccc(S(=O)(=O)n2cc(Br)c3cc(C)cc(C)c32)cc1. The number of fused-ring (bicyclic) bond motifs is 1. The number of benzene rings is 2. The molecular weight excluding hydrogens is 362 g/mol. The normalized spacial score (nSPS) is 12.0. The van der Waals surface area contributed by atoms with Crippen LogP contribution in [0.15, 0.2) is 52.0 Å². The van der Waals surface area contributed by atoms with E-state index in [9.17, 15) is 8.42 Å². The number of nitrogens with zero attached hydrogens (tertiary/aromatic N) is 1. The third-order valence-electron chi connectivity index (χ3n) is 3.73. The minimum atomic E-state index is -3.61. The topological polar surface area (TPSA) is 39.1 Å². The molecule has 0 fully saturated rings. The van der Waals surface area contributed by atoms with E-state index in [0.717, 1.165) is 32.1 Å². The van der Waals surface area contributed by atoms with E-state index < -0.39 is 10.0 Å². The molecule has 3 rings (SSSR count). The largest absolute Gasteiger partial charge is 0.268 e. The highest BCUT2D eigenvalue weighted by atomic mass is 79.9. The first-order chi connectivity index (χ1) is 10.3. The lowest BCUT2D eigenvalue weighted by atomic mass is 10.1. The number of halogens is 1. The van der Waals surface area contributed by atoms with Crippen LogP contribution in [0.5, 0.6) is 0 Å². The number of aromatic nitrogens is 1. The van der Waals surface area contributed by atoms with Crippen LogP contribution in [-0.4, -0.2) is 12.4 Å². The van der Waals surface area contributed by atoms with Gasteiger partial charge in [-0.15, -0.1) is 0 Å². The van der Waals surface area contributed by atoms with E-state index in [1.807, 2.05) is 45.0 Å². The van der Waals surface area contributed by atoms with Crippen LogP contribution in [0, 0.1) is 20.8 Å². The van der Waals surface area contributed by atoms with Crippen molar-refractivity contribution >= 4 is 36.9 Å². The molecule has 0 aliphatic rings. The Morgan fingerprint density at radius 1 is 0.955 bits per heavy atom. The summed E-state index contributed by atoms with van der Waals surface area (Å²) in [5.74, 6) is 0. The molecule has 0 saturated carbocycles. The summed E-state index contributed by atoms with van der Waals surface area (Å²) >= 11 is 3.48.